The lowest BCUT2D eigenvalue weighted by atomic mass is 10.1. The molecule has 2 aromatic rings. The van der Waals surface area contributed by atoms with Crippen molar-refractivity contribution in [3.63, 3.8) is 0 Å². The third-order valence-electron chi connectivity index (χ3n) is 3.76. The second-order valence-electron chi connectivity index (χ2n) is 5.59. The molecule has 0 heterocycles. The van der Waals surface area contributed by atoms with Gasteiger partial charge < -0.3 is 15.0 Å². The van der Waals surface area contributed by atoms with Crippen LogP contribution in [-0.2, 0) is 0 Å². The van der Waals surface area contributed by atoms with Crippen molar-refractivity contribution < 1.29 is 13.9 Å². The van der Waals surface area contributed by atoms with E-state index in [1.807, 2.05) is 43.3 Å². The van der Waals surface area contributed by atoms with Gasteiger partial charge in [-0.15, -0.1) is 0 Å². The molecule has 24 heavy (non-hydrogen) atoms. The van der Waals surface area contributed by atoms with E-state index in [0.717, 1.165) is 11.3 Å². The van der Waals surface area contributed by atoms with Crippen LogP contribution in [0.2, 0.25) is 0 Å². The number of ether oxygens (including phenoxy) is 1. The Balaban J connectivity index is 2.09. The molecule has 0 aliphatic rings. The first-order valence-electron chi connectivity index (χ1n) is 7.46. The number of nitrogens with one attached hydrogen (secondary N) is 1. The molecule has 4 nitrogen and oxygen atoms in total. The molecule has 0 bridgehead atoms. The zero-order valence-electron chi connectivity index (χ0n) is 13.8. The molecule has 0 aromatic heterocycles. The minimum Gasteiger partial charge on any atom is -0.497 e. The fraction of sp³-hybridized carbons (Fsp3) is 0.278. The standard InChI is InChI=1S/C18H20BrFN2O2/c1-22(2)17(12-4-7-14(24-3)8-5-12)11-21-18(23)15-9-6-13(19)10-16(15)20/h4-10,17H,11H2,1-3H3,(H,21,23). The summed E-state index contributed by atoms with van der Waals surface area (Å²) in [5.41, 5.74) is 1.07. The quantitative estimate of drug-likeness (QED) is 0.813. The van der Waals surface area contributed by atoms with Crippen LogP contribution in [-0.4, -0.2) is 38.6 Å². The van der Waals surface area contributed by atoms with Crippen molar-refractivity contribution in [2.75, 3.05) is 27.7 Å². The van der Waals surface area contributed by atoms with Crippen LogP contribution in [0.5, 0.6) is 5.75 Å². The molecule has 1 N–H and O–H groups in total. The highest BCUT2D eigenvalue weighted by atomic mass is 79.9. The lowest BCUT2D eigenvalue weighted by Crippen LogP contribution is -2.34. The predicted octanol–water partition coefficient (Wildman–Crippen LogP) is 3.63. The largest absolute Gasteiger partial charge is 0.497 e. The first kappa shape index (κ1) is 18.4. The van der Waals surface area contributed by atoms with Crippen LogP contribution in [0.3, 0.4) is 0 Å². The minimum atomic E-state index is -0.548. The summed E-state index contributed by atoms with van der Waals surface area (Å²) < 4.78 is 19.6. The molecule has 0 aliphatic carbocycles. The van der Waals surface area contributed by atoms with Crippen LogP contribution in [0, 0.1) is 5.82 Å². The summed E-state index contributed by atoms with van der Waals surface area (Å²) in [5.74, 6) is -0.203. The van der Waals surface area contributed by atoms with Crippen molar-refractivity contribution in [3.8, 4) is 5.75 Å². The summed E-state index contributed by atoms with van der Waals surface area (Å²) >= 11 is 3.18. The summed E-state index contributed by atoms with van der Waals surface area (Å²) in [5, 5.41) is 2.80. The lowest BCUT2D eigenvalue weighted by Gasteiger charge is -2.25. The number of halogens is 2. The topological polar surface area (TPSA) is 41.6 Å². The van der Waals surface area contributed by atoms with Gasteiger partial charge in [0, 0.05) is 11.0 Å². The first-order valence-corrected chi connectivity index (χ1v) is 8.25. The number of likely N-dealkylation sites (N-methyl/N-ethyl adjacent to an activating group) is 1. The molecule has 1 atom stereocenters. The smallest absolute Gasteiger partial charge is 0.254 e. The van der Waals surface area contributed by atoms with E-state index in [1.165, 1.54) is 12.1 Å². The third kappa shape index (κ3) is 4.55. The van der Waals surface area contributed by atoms with Gasteiger partial charge >= 0.3 is 0 Å². The number of amides is 1. The Kier molecular flexibility index (Phi) is 6.34. The van der Waals surface area contributed by atoms with Gasteiger partial charge in [0.2, 0.25) is 0 Å². The van der Waals surface area contributed by atoms with E-state index in [1.54, 1.807) is 13.2 Å². The van der Waals surface area contributed by atoms with Gasteiger partial charge in [-0.1, -0.05) is 28.1 Å². The van der Waals surface area contributed by atoms with Crippen LogP contribution in [0.25, 0.3) is 0 Å². The Morgan fingerprint density at radius 2 is 1.92 bits per heavy atom. The average Bonchev–Trinajstić information content (AvgIpc) is 2.55. The molecule has 1 unspecified atom stereocenters. The second-order valence-corrected chi connectivity index (χ2v) is 6.50. The molecule has 6 heteroatoms. The van der Waals surface area contributed by atoms with Crippen LogP contribution in [0.4, 0.5) is 4.39 Å². The number of benzene rings is 2. The third-order valence-corrected chi connectivity index (χ3v) is 4.25. The maximum Gasteiger partial charge on any atom is 0.254 e. The van der Waals surface area contributed by atoms with Gasteiger partial charge in [-0.3, -0.25) is 4.79 Å². The molecule has 2 aromatic carbocycles. The first-order chi connectivity index (χ1) is 11.4. The van der Waals surface area contributed by atoms with Gasteiger partial charge in [-0.2, -0.15) is 0 Å². The van der Waals surface area contributed by atoms with Crippen molar-refractivity contribution in [3.05, 3.63) is 63.9 Å². The minimum absolute atomic E-state index is 0.0293. The number of nitrogens with zero attached hydrogens (tertiary/aromatic N) is 1. The maximum absolute atomic E-state index is 13.9. The molecule has 0 fully saturated rings. The molecule has 1 amide bonds. The monoisotopic (exact) mass is 394 g/mol. The van der Waals surface area contributed by atoms with Crippen LogP contribution < -0.4 is 10.1 Å². The lowest BCUT2D eigenvalue weighted by molar-refractivity contribution is 0.0938. The van der Waals surface area contributed by atoms with Crippen LogP contribution in [0.1, 0.15) is 22.0 Å². The molecule has 2 rings (SSSR count). The average molecular weight is 395 g/mol. The maximum atomic E-state index is 13.9. The summed E-state index contributed by atoms with van der Waals surface area (Å²) in [7, 11) is 5.48. The number of carbonyl (C=O) groups is 1. The fourth-order valence-corrected chi connectivity index (χ4v) is 2.72. The summed E-state index contributed by atoms with van der Waals surface area (Å²) in [4.78, 5) is 14.2. The number of hydrogen-bond acceptors (Lipinski definition) is 3. The molecule has 0 saturated heterocycles. The predicted molar refractivity (Wildman–Crippen MR) is 95.9 cm³/mol. The Morgan fingerprint density at radius 1 is 1.25 bits per heavy atom. The van der Waals surface area contributed by atoms with Crippen molar-refractivity contribution in [1.29, 1.82) is 0 Å². The van der Waals surface area contributed by atoms with Crippen LogP contribution >= 0.6 is 15.9 Å². The van der Waals surface area contributed by atoms with Gasteiger partial charge in [0.05, 0.1) is 18.7 Å². The zero-order chi connectivity index (χ0) is 17.7. The van der Waals surface area contributed by atoms with E-state index in [4.69, 9.17) is 4.74 Å². The van der Waals surface area contributed by atoms with Gasteiger partial charge in [-0.25, -0.2) is 4.39 Å². The Hall–Kier alpha value is -1.92. The number of rotatable bonds is 6. The Bertz CT molecular complexity index is 705. The van der Waals surface area contributed by atoms with Crippen LogP contribution in [0.15, 0.2) is 46.9 Å². The summed E-state index contributed by atoms with van der Waals surface area (Å²) in [6, 6.07) is 12.0. The van der Waals surface area contributed by atoms with E-state index >= 15 is 0 Å². The zero-order valence-corrected chi connectivity index (χ0v) is 15.4. The van der Waals surface area contributed by atoms with Crippen molar-refractivity contribution in [2.24, 2.45) is 0 Å². The van der Waals surface area contributed by atoms with Crippen molar-refractivity contribution in [1.82, 2.24) is 10.2 Å². The SMILES string of the molecule is COc1ccc(C(CNC(=O)c2ccc(Br)cc2F)N(C)C)cc1. The highest BCUT2D eigenvalue weighted by Crippen LogP contribution is 2.21. The molecule has 0 saturated carbocycles. The van der Waals surface area contributed by atoms with Crippen molar-refractivity contribution >= 4 is 21.8 Å². The van der Waals surface area contributed by atoms with E-state index < -0.39 is 11.7 Å². The Labute approximate surface area is 149 Å². The van der Waals surface area contributed by atoms with Crippen molar-refractivity contribution in [2.45, 2.75) is 6.04 Å². The van der Waals surface area contributed by atoms with E-state index in [0.29, 0.717) is 11.0 Å². The normalized spacial score (nSPS) is 12.1. The molecular formula is C18H20BrFN2O2. The summed E-state index contributed by atoms with van der Waals surface area (Å²) in [6.07, 6.45) is 0. The second kappa shape index (κ2) is 8.26. The van der Waals surface area contributed by atoms with Gasteiger partial charge in [0.25, 0.3) is 5.91 Å². The molecule has 0 radical (unpaired) electrons. The molecule has 0 spiro atoms. The fourth-order valence-electron chi connectivity index (χ4n) is 2.38. The summed E-state index contributed by atoms with van der Waals surface area (Å²) in [6.45, 7) is 0.369. The highest BCUT2D eigenvalue weighted by Gasteiger charge is 2.17. The van der Waals surface area contributed by atoms with E-state index in [2.05, 4.69) is 21.2 Å². The highest BCUT2D eigenvalue weighted by molar-refractivity contribution is 9.10. The molecule has 128 valence electrons. The van der Waals surface area contributed by atoms with Gasteiger partial charge in [0.1, 0.15) is 11.6 Å². The Morgan fingerprint density at radius 3 is 2.46 bits per heavy atom. The number of hydrogen-bond donors (Lipinski definition) is 1. The van der Waals surface area contributed by atoms with E-state index in [-0.39, 0.29) is 11.6 Å². The number of methoxy groups -OCH3 is 1. The van der Waals surface area contributed by atoms with Gasteiger partial charge in [-0.05, 0) is 50.0 Å². The van der Waals surface area contributed by atoms with Gasteiger partial charge in [0.15, 0.2) is 0 Å². The number of carbonyl (C=O) groups excluding carboxylic acids is 1. The molecular weight excluding hydrogens is 375 g/mol. The molecule has 0 aliphatic heterocycles. The van der Waals surface area contributed by atoms with E-state index in [9.17, 15) is 9.18 Å².